The molecule has 2 N–H and O–H groups in total. The van der Waals surface area contributed by atoms with Gasteiger partial charge in [-0.15, -0.1) is 0 Å². The summed E-state index contributed by atoms with van der Waals surface area (Å²) in [5, 5.41) is 10.9. The van der Waals surface area contributed by atoms with E-state index >= 15 is 0 Å². The van der Waals surface area contributed by atoms with Crippen LogP contribution in [0.1, 0.15) is 6.92 Å². The fraction of sp³-hybridized carbons (Fsp3) is 0.778. The Morgan fingerprint density at radius 3 is 2.60 bits per heavy atom. The van der Waals surface area contributed by atoms with Gasteiger partial charge in [0.1, 0.15) is 6.61 Å². The van der Waals surface area contributed by atoms with Crippen molar-refractivity contribution in [2.24, 2.45) is 5.92 Å². The minimum absolute atomic E-state index is 0.0302. The molecule has 0 spiro atoms. The Balaban J connectivity index is 3.95. The molecule has 6 nitrogen and oxygen atoms in total. The Kier molecular flexibility index (Phi) is 6.44. The van der Waals surface area contributed by atoms with Gasteiger partial charge < -0.3 is 20.1 Å². The molecule has 0 aromatic rings. The fourth-order valence-corrected chi connectivity index (χ4v) is 1.06. The zero-order valence-corrected chi connectivity index (χ0v) is 9.32. The average Bonchev–Trinajstić information content (AvgIpc) is 2.24. The number of carbonyl (C=O) groups is 2. The first-order valence-corrected chi connectivity index (χ1v) is 4.73. The van der Waals surface area contributed by atoms with E-state index in [1.54, 1.807) is 21.0 Å². The first kappa shape index (κ1) is 13.7. The maximum atomic E-state index is 11.2. The zero-order chi connectivity index (χ0) is 11.8. The molecular formula is C9H18N2O4. The molecule has 0 aliphatic heterocycles. The SMILES string of the molecule is CNC(=O)C(C)CN(C)C(=O)OCCO. The van der Waals surface area contributed by atoms with E-state index in [1.807, 2.05) is 0 Å². The summed E-state index contributed by atoms with van der Waals surface area (Å²) in [5.74, 6) is -0.418. The lowest BCUT2D eigenvalue weighted by Gasteiger charge is -2.19. The minimum Gasteiger partial charge on any atom is -0.447 e. The van der Waals surface area contributed by atoms with Crippen LogP contribution in [0.15, 0.2) is 0 Å². The number of aliphatic hydroxyl groups is 1. The number of hydrogen-bond acceptors (Lipinski definition) is 4. The van der Waals surface area contributed by atoms with Crippen molar-refractivity contribution in [3.63, 3.8) is 0 Å². The molecule has 0 saturated carbocycles. The summed E-state index contributed by atoms with van der Waals surface area (Å²) in [7, 11) is 3.09. The number of nitrogens with one attached hydrogen (secondary N) is 1. The van der Waals surface area contributed by atoms with Gasteiger partial charge in [-0.2, -0.15) is 0 Å². The van der Waals surface area contributed by atoms with E-state index in [9.17, 15) is 9.59 Å². The van der Waals surface area contributed by atoms with Crippen LogP contribution in [0.5, 0.6) is 0 Å². The molecule has 2 amide bonds. The number of nitrogens with zero attached hydrogens (tertiary/aromatic N) is 1. The number of amides is 2. The molecule has 0 bridgehead atoms. The van der Waals surface area contributed by atoms with Gasteiger partial charge in [0.25, 0.3) is 0 Å². The van der Waals surface area contributed by atoms with Crippen molar-refractivity contribution in [3.8, 4) is 0 Å². The van der Waals surface area contributed by atoms with Crippen molar-refractivity contribution in [1.29, 1.82) is 0 Å². The third-order valence-corrected chi connectivity index (χ3v) is 1.87. The zero-order valence-electron chi connectivity index (χ0n) is 9.32. The Morgan fingerprint density at radius 2 is 2.13 bits per heavy atom. The molecule has 0 fully saturated rings. The van der Waals surface area contributed by atoms with E-state index < -0.39 is 6.09 Å². The Morgan fingerprint density at radius 1 is 1.53 bits per heavy atom. The van der Waals surface area contributed by atoms with Gasteiger partial charge in [0.05, 0.1) is 12.5 Å². The van der Waals surface area contributed by atoms with Gasteiger partial charge in [-0.3, -0.25) is 4.79 Å². The third-order valence-electron chi connectivity index (χ3n) is 1.87. The second-order valence-electron chi connectivity index (χ2n) is 3.23. The summed E-state index contributed by atoms with van der Waals surface area (Å²) in [6, 6.07) is 0. The standard InChI is InChI=1S/C9H18N2O4/c1-7(8(13)10-2)6-11(3)9(14)15-5-4-12/h7,12H,4-6H2,1-3H3,(H,10,13). The molecule has 0 rings (SSSR count). The van der Waals surface area contributed by atoms with E-state index in [0.29, 0.717) is 0 Å². The van der Waals surface area contributed by atoms with Crippen LogP contribution in [0.25, 0.3) is 0 Å². The van der Waals surface area contributed by atoms with Crippen molar-refractivity contribution in [2.75, 3.05) is 33.9 Å². The number of rotatable bonds is 5. The Bertz CT molecular complexity index is 220. The van der Waals surface area contributed by atoms with E-state index in [-0.39, 0.29) is 31.6 Å². The molecule has 88 valence electrons. The Labute approximate surface area is 89.2 Å². The second-order valence-corrected chi connectivity index (χ2v) is 3.23. The van der Waals surface area contributed by atoms with Crippen molar-refractivity contribution >= 4 is 12.0 Å². The maximum absolute atomic E-state index is 11.2. The molecule has 0 saturated heterocycles. The molecular weight excluding hydrogens is 200 g/mol. The first-order chi connectivity index (χ1) is 7.02. The fourth-order valence-electron chi connectivity index (χ4n) is 1.06. The number of hydrogen-bond donors (Lipinski definition) is 2. The lowest BCUT2D eigenvalue weighted by molar-refractivity contribution is -0.124. The van der Waals surface area contributed by atoms with E-state index in [2.05, 4.69) is 10.1 Å². The van der Waals surface area contributed by atoms with Crippen LogP contribution >= 0.6 is 0 Å². The van der Waals surface area contributed by atoms with Crippen molar-refractivity contribution in [3.05, 3.63) is 0 Å². The minimum atomic E-state index is -0.542. The van der Waals surface area contributed by atoms with Crippen LogP contribution in [0.2, 0.25) is 0 Å². The van der Waals surface area contributed by atoms with Crippen LogP contribution in [0.3, 0.4) is 0 Å². The molecule has 0 aromatic heterocycles. The number of ether oxygens (including phenoxy) is 1. The van der Waals surface area contributed by atoms with Gasteiger partial charge in [-0.1, -0.05) is 6.92 Å². The van der Waals surface area contributed by atoms with Crippen LogP contribution < -0.4 is 5.32 Å². The Hall–Kier alpha value is -1.30. The van der Waals surface area contributed by atoms with Gasteiger partial charge in [0.2, 0.25) is 5.91 Å². The quantitative estimate of drug-likeness (QED) is 0.647. The first-order valence-electron chi connectivity index (χ1n) is 4.73. The highest BCUT2D eigenvalue weighted by Crippen LogP contribution is 1.99. The van der Waals surface area contributed by atoms with Gasteiger partial charge >= 0.3 is 6.09 Å². The lowest BCUT2D eigenvalue weighted by atomic mass is 10.1. The largest absolute Gasteiger partial charge is 0.447 e. The van der Waals surface area contributed by atoms with Crippen molar-refractivity contribution in [1.82, 2.24) is 10.2 Å². The normalized spacial score (nSPS) is 11.7. The smallest absolute Gasteiger partial charge is 0.409 e. The van der Waals surface area contributed by atoms with Gasteiger partial charge in [-0.25, -0.2) is 4.79 Å². The van der Waals surface area contributed by atoms with E-state index in [4.69, 9.17) is 5.11 Å². The number of aliphatic hydroxyl groups excluding tert-OH is 1. The highest BCUT2D eigenvalue weighted by Gasteiger charge is 2.17. The molecule has 0 aliphatic rings. The molecule has 1 atom stereocenters. The molecule has 0 aromatic carbocycles. The van der Waals surface area contributed by atoms with E-state index in [1.165, 1.54) is 4.90 Å². The summed E-state index contributed by atoms with van der Waals surface area (Å²) >= 11 is 0. The van der Waals surface area contributed by atoms with E-state index in [0.717, 1.165) is 0 Å². The predicted octanol–water partition coefficient (Wildman–Crippen LogP) is -0.571. The van der Waals surface area contributed by atoms with Crippen molar-refractivity contribution in [2.45, 2.75) is 6.92 Å². The van der Waals surface area contributed by atoms with Crippen LogP contribution in [-0.4, -0.2) is 55.9 Å². The van der Waals surface area contributed by atoms with Crippen LogP contribution in [-0.2, 0) is 9.53 Å². The lowest BCUT2D eigenvalue weighted by Crippen LogP contribution is -2.37. The maximum Gasteiger partial charge on any atom is 0.409 e. The summed E-state index contributed by atoms with van der Waals surface area (Å²) in [6.07, 6.45) is -0.542. The summed E-state index contributed by atoms with van der Waals surface area (Å²) in [6.45, 7) is 1.76. The van der Waals surface area contributed by atoms with Crippen LogP contribution in [0.4, 0.5) is 4.79 Å². The summed E-state index contributed by atoms with van der Waals surface area (Å²) in [4.78, 5) is 23.7. The summed E-state index contributed by atoms with van der Waals surface area (Å²) in [5.41, 5.74) is 0. The van der Waals surface area contributed by atoms with Gasteiger partial charge in [-0.05, 0) is 0 Å². The average molecular weight is 218 g/mol. The third kappa shape index (κ3) is 5.21. The topological polar surface area (TPSA) is 78.9 Å². The molecule has 15 heavy (non-hydrogen) atoms. The number of carbonyl (C=O) groups excluding carboxylic acids is 2. The van der Waals surface area contributed by atoms with Gasteiger partial charge in [0.15, 0.2) is 0 Å². The summed E-state index contributed by atoms with van der Waals surface area (Å²) < 4.78 is 4.67. The van der Waals surface area contributed by atoms with Crippen molar-refractivity contribution < 1.29 is 19.4 Å². The molecule has 0 aliphatic carbocycles. The molecule has 0 radical (unpaired) electrons. The molecule has 6 heteroatoms. The molecule has 0 heterocycles. The monoisotopic (exact) mass is 218 g/mol. The predicted molar refractivity (Wildman–Crippen MR) is 54.3 cm³/mol. The molecule has 1 unspecified atom stereocenters. The highest BCUT2D eigenvalue weighted by atomic mass is 16.6. The second kappa shape index (κ2) is 7.05. The van der Waals surface area contributed by atoms with Crippen LogP contribution in [0, 0.1) is 5.92 Å². The highest BCUT2D eigenvalue weighted by molar-refractivity contribution is 5.78. The van der Waals surface area contributed by atoms with Gasteiger partial charge in [0, 0.05) is 20.6 Å².